The first-order chi connectivity index (χ1) is 7.58. The van der Waals surface area contributed by atoms with E-state index in [-0.39, 0.29) is 11.8 Å². The van der Waals surface area contributed by atoms with Gasteiger partial charge < -0.3 is 9.52 Å². The van der Waals surface area contributed by atoms with Crippen LogP contribution >= 0.6 is 0 Å². The fourth-order valence-corrected chi connectivity index (χ4v) is 1.39. The number of terminal acetylenes is 1. The van der Waals surface area contributed by atoms with Crippen molar-refractivity contribution in [3.63, 3.8) is 0 Å². The second kappa shape index (κ2) is 5.38. The van der Waals surface area contributed by atoms with Crippen LogP contribution in [0.3, 0.4) is 0 Å². The van der Waals surface area contributed by atoms with E-state index in [1.165, 1.54) is 0 Å². The predicted octanol–water partition coefficient (Wildman–Crippen LogP) is 1.79. The van der Waals surface area contributed by atoms with Crippen molar-refractivity contribution in [1.29, 1.82) is 0 Å². The van der Waals surface area contributed by atoms with Gasteiger partial charge in [-0.2, -0.15) is 0 Å². The van der Waals surface area contributed by atoms with Crippen molar-refractivity contribution in [2.45, 2.75) is 32.9 Å². The van der Waals surface area contributed by atoms with Gasteiger partial charge in [-0.3, -0.25) is 5.32 Å². The summed E-state index contributed by atoms with van der Waals surface area (Å²) in [4.78, 5) is 10.7. The number of nitrogens with one attached hydrogen (secondary N) is 1. The van der Waals surface area contributed by atoms with Crippen LogP contribution in [0.2, 0.25) is 0 Å². The third kappa shape index (κ3) is 2.88. The van der Waals surface area contributed by atoms with Crippen molar-refractivity contribution in [2.24, 2.45) is 0 Å². The minimum Gasteiger partial charge on any atom is -0.475 e. The zero-order valence-corrected chi connectivity index (χ0v) is 9.41. The van der Waals surface area contributed by atoms with Crippen LogP contribution in [0.25, 0.3) is 0 Å². The van der Waals surface area contributed by atoms with Gasteiger partial charge in [-0.25, -0.2) is 4.79 Å². The van der Waals surface area contributed by atoms with Gasteiger partial charge in [0.25, 0.3) is 0 Å². The molecule has 0 saturated carbocycles. The molecule has 0 fully saturated rings. The molecule has 0 radical (unpaired) electrons. The van der Waals surface area contributed by atoms with Crippen molar-refractivity contribution in [3.05, 3.63) is 23.2 Å². The molecule has 1 heterocycles. The monoisotopic (exact) mass is 221 g/mol. The maximum absolute atomic E-state index is 10.7. The number of carboxylic acid groups (broad SMARTS) is 1. The van der Waals surface area contributed by atoms with Crippen molar-refractivity contribution in [3.8, 4) is 12.3 Å². The maximum atomic E-state index is 10.7. The summed E-state index contributed by atoms with van der Waals surface area (Å²) in [5.41, 5.74) is 0.623. The molecule has 1 rings (SSSR count). The fraction of sp³-hybridized carbons (Fsp3) is 0.417. The Hall–Kier alpha value is -1.73. The number of furan rings is 1. The summed E-state index contributed by atoms with van der Waals surface area (Å²) in [6.07, 6.45) is 6.11. The normalized spacial score (nSPS) is 12.1. The Morgan fingerprint density at radius 3 is 2.88 bits per heavy atom. The Bertz CT molecular complexity index is 414. The molecule has 0 saturated heterocycles. The van der Waals surface area contributed by atoms with Crippen LogP contribution < -0.4 is 5.32 Å². The highest BCUT2D eigenvalue weighted by molar-refractivity contribution is 5.86. The SMILES string of the molecule is C#CC(CC)NCc1cc(C)c(C(=O)O)o1. The quantitative estimate of drug-likeness (QED) is 0.744. The first-order valence-corrected chi connectivity index (χ1v) is 5.10. The number of aryl methyl sites for hydroxylation is 1. The molecular weight excluding hydrogens is 206 g/mol. The standard InChI is InChI=1S/C12H15NO3/c1-4-9(5-2)13-7-10-6-8(3)11(16-10)12(14)15/h1,6,9,13H,5,7H2,2-3H3,(H,14,15). The molecule has 0 spiro atoms. The average Bonchev–Trinajstić information content (AvgIpc) is 2.61. The molecule has 86 valence electrons. The number of carboxylic acids is 1. The summed E-state index contributed by atoms with van der Waals surface area (Å²) in [5.74, 6) is 2.13. The Balaban J connectivity index is 2.66. The first-order valence-electron chi connectivity index (χ1n) is 5.10. The Morgan fingerprint density at radius 2 is 2.44 bits per heavy atom. The van der Waals surface area contributed by atoms with E-state index >= 15 is 0 Å². The lowest BCUT2D eigenvalue weighted by Crippen LogP contribution is -2.25. The van der Waals surface area contributed by atoms with Gasteiger partial charge in [0.15, 0.2) is 0 Å². The highest BCUT2D eigenvalue weighted by Crippen LogP contribution is 2.14. The van der Waals surface area contributed by atoms with E-state index in [1.54, 1.807) is 13.0 Å². The second-order valence-electron chi connectivity index (χ2n) is 3.54. The Morgan fingerprint density at radius 1 is 1.75 bits per heavy atom. The van der Waals surface area contributed by atoms with Crippen molar-refractivity contribution in [1.82, 2.24) is 5.32 Å². The second-order valence-corrected chi connectivity index (χ2v) is 3.54. The van der Waals surface area contributed by atoms with Gasteiger partial charge in [-0.15, -0.1) is 6.42 Å². The smallest absolute Gasteiger partial charge is 0.372 e. The molecule has 16 heavy (non-hydrogen) atoms. The van der Waals surface area contributed by atoms with Crippen LogP contribution in [0.1, 0.15) is 35.2 Å². The van der Waals surface area contributed by atoms with E-state index < -0.39 is 5.97 Å². The van der Waals surface area contributed by atoms with Gasteiger partial charge in [0, 0.05) is 5.56 Å². The van der Waals surface area contributed by atoms with Gasteiger partial charge in [-0.05, 0) is 19.4 Å². The zero-order chi connectivity index (χ0) is 12.1. The fourth-order valence-electron chi connectivity index (χ4n) is 1.39. The third-order valence-corrected chi connectivity index (χ3v) is 2.30. The van der Waals surface area contributed by atoms with E-state index in [1.807, 2.05) is 6.92 Å². The minimum atomic E-state index is -1.05. The molecule has 1 aromatic heterocycles. The highest BCUT2D eigenvalue weighted by Gasteiger charge is 2.14. The van der Waals surface area contributed by atoms with E-state index in [0.717, 1.165) is 6.42 Å². The van der Waals surface area contributed by atoms with E-state index in [0.29, 0.717) is 17.9 Å². The number of rotatable bonds is 5. The zero-order valence-electron chi connectivity index (χ0n) is 9.41. The summed E-state index contributed by atoms with van der Waals surface area (Å²) in [7, 11) is 0. The molecule has 4 heteroatoms. The maximum Gasteiger partial charge on any atom is 0.372 e. The lowest BCUT2D eigenvalue weighted by molar-refractivity contribution is 0.0659. The van der Waals surface area contributed by atoms with Crippen LogP contribution in [-0.2, 0) is 6.54 Å². The summed E-state index contributed by atoms with van der Waals surface area (Å²) in [6.45, 7) is 4.12. The van der Waals surface area contributed by atoms with Crippen LogP contribution in [0.15, 0.2) is 10.5 Å². The molecule has 0 aliphatic rings. The van der Waals surface area contributed by atoms with E-state index in [4.69, 9.17) is 15.9 Å². The largest absolute Gasteiger partial charge is 0.475 e. The molecular formula is C12H15NO3. The van der Waals surface area contributed by atoms with Gasteiger partial charge in [0.1, 0.15) is 5.76 Å². The average molecular weight is 221 g/mol. The molecule has 1 unspecified atom stereocenters. The minimum absolute atomic E-state index is 0.00874. The number of aromatic carboxylic acids is 1. The van der Waals surface area contributed by atoms with Crippen molar-refractivity contribution < 1.29 is 14.3 Å². The number of hydrogen-bond acceptors (Lipinski definition) is 3. The summed E-state index contributed by atoms with van der Waals surface area (Å²) < 4.78 is 5.18. The molecule has 4 nitrogen and oxygen atoms in total. The lowest BCUT2D eigenvalue weighted by Gasteiger charge is -2.08. The molecule has 0 bridgehead atoms. The van der Waals surface area contributed by atoms with Crippen LogP contribution in [0, 0.1) is 19.3 Å². The van der Waals surface area contributed by atoms with E-state index in [2.05, 4.69) is 11.2 Å². The predicted molar refractivity (Wildman–Crippen MR) is 60.2 cm³/mol. The molecule has 0 aliphatic carbocycles. The molecule has 0 amide bonds. The highest BCUT2D eigenvalue weighted by atomic mass is 16.4. The van der Waals surface area contributed by atoms with Gasteiger partial charge in [-0.1, -0.05) is 12.8 Å². The first kappa shape index (κ1) is 12.3. The summed E-state index contributed by atoms with van der Waals surface area (Å²) >= 11 is 0. The summed E-state index contributed by atoms with van der Waals surface area (Å²) in [6, 6.07) is 1.69. The Labute approximate surface area is 94.7 Å². The number of carbonyl (C=O) groups is 1. The molecule has 2 N–H and O–H groups in total. The van der Waals surface area contributed by atoms with E-state index in [9.17, 15) is 4.79 Å². The van der Waals surface area contributed by atoms with Crippen LogP contribution in [0.4, 0.5) is 0 Å². The Kier molecular flexibility index (Phi) is 4.15. The van der Waals surface area contributed by atoms with Crippen molar-refractivity contribution >= 4 is 5.97 Å². The summed E-state index contributed by atoms with van der Waals surface area (Å²) in [5, 5.41) is 11.9. The molecule has 0 aliphatic heterocycles. The van der Waals surface area contributed by atoms with Gasteiger partial charge >= 0.3 is 5.97 Å². The molecule has 1 aromatic rings. The molecule has 0 aromatic carbocycles. The molecule has 1 atom stereocenters. The van der Waals surface area contributed by atoms with Crippen LogP contribution in [-0.4, -0.2) is 17.1 Å². The van der Waals surface area contributed by atoms with Crippen LogP contribution in [0.5, 0.6) is 0 Å². The topological polar surface area (TPSA) is 62.5 Å². The van der Waals surface area contributed by atoms with Crippen molar-refractivity contribution in [2.75, 3.05) is 0 Å². The number of hydrogen-bond donors (Lipinski definition) is 2. The third-order valence-electron chi connectivity index (χ3n) is 2.30. The van der Waals surface area contributed by atoms with Gasteiger partial charge in [0.05, 0.1) is 12.6 Å². The lowest BCUT2D eigenvalue weighted by atomic mass is 10.2. The van der Waals surface area contributed by atoms with Gasteiger partial charge in [0.2, 0.25) is 5.76 Å².